The van der Waals surface area contributed by atoms with Gasteiger partial charge in [0.05, 0.1) is 4.90 Å². The number of hydrogen-bond donors (Lipinski definition) is 1. The normalized spacial score (nSPS) is 15.1. The van der Waals surface area contributed by atoms with Crippen LogP contribution in [-0.2, 0) is 21.2 Å². The number of carbonyl (C=O) groups excluding carboxylic acids is 1. The van der Waals surface area contributed by atoms with E-state index in [9.17, 15) is 13.2 Å². The molecular formula is C18H19N3O3S. The molecular weight excluding hydrogens is 338 g/mol. The lowest BCUT2D eigenvalue weighted by molar-refractivity contribution is -0.124. The van der Waals surface area contributed by atoms with E-state index >= 15 is 0 Å². The second-order valence-electron chi connectivity index (χ2n) is 5.93. The third kappa shape index (κ3) is 3.41. The van der Waals surface area contributed by atoms with Crippen molar-refractivity contribution in [2.45, 2.75) is 18.2 Å². The first kappa shape index (κ1) is 17.2. The van der Waals surface area contributed by atoms with Crippen molar-refractivity contribution >= 4 is 21.9 Å². The monoisotopic (exact) mass is 357 g/mol. The largest absolute Gasteiger partial charge is 0.280 e. The first-order valence-electron chi connectivity index (χ1n) is 7.92. The fourth-order valence-corrected chi connectivity index (χ4v) is 4.03. The minimum absolute atomic E-state index is 0.0839. The molecule has 1 heterocycles. The van der Waals surface area contributed by atoms with Crippen molar-refractivity contribution in [1.29, 1.82) is 5.41 Å². The second kappa shape index (κ2) is 6.68. The Morgan fingerprint density at radius 3 is 2.32 bits per heavy atom. The number of nitrogens with one attached hydrogen (secondary N) is 1. The van der Waals surface area contributed by atoms with E-state index in [1.54, 1.807) is 12.1 Å². The van der Waals surface area contributed by atoms with Crippen LogP contribution in [0.5, 0.6) is 0 Å². The molecule has 0 radical (unpaired) electrons. The lowest BCUT2D eigenvalue weighted by Gasteiger charge is -2.20. The Morgan fingerprint density at radius 2 is 1.68 bits per heavy atom. The topological polar surface area (TPSA) is 81.5 Å². The molecule has 0 saturated carbocycles. The lowest BCUT2D eigenvalue weighted by Crippen LogP contribution is -2.38. The van der Waals surface area contributed by atoms with Crippen molar-refractivity contribution in [3.05, 3.63) is 65.7 Å². The minimum Gasteiger partial charge on any atom is -0.280 e. The molecule has 25 heavy (non-hydrogen) atoms. The van der Waals surface area contributed by atoms with E-state index in [1.165, 1.54) is 17.0 Å². The molecule has 0 atom stereocenters. The molecule has 2 aromatic carbocycles. The van der Waals surface area contributed by atoms with Crippen LogP contribution in [0.1, 0.15) is 11.1 Å². The number of amides is 1. The quantitative estimate of drug-likeness (QED) is 0.889. The summed E-state index contributed by atoms with van der Waals surface area (Å²) in [5, 5.41) is 8.16. The van der Waals surface area contributed by atoms with Gasteiger partial charge in [0.1, 0.15) is 6.54 Å². The van der Waals surface area contributed by atoms with Crippen LogP contribution in [0, 0.1) is 12.3 Å². The first-order chi connectivity index (χ1) is 11.9. The number of hydrogen-bond acceptors (Lipinski definition) is 4. The van der Waals surface area contributed by atoms with Gasteiger partial charge >= 0.3 is 0 Å². The Morgan fingerprint density at radius 1 is 1.04 bits per heavy atom. The van der Waals surface area contributed by atoms with Crippen LogP contribution in [0.15, 0.2) is 59.5 Å². The summed E-state index contributed by atoms with van der Waals surface area (Å²) in [5.41, 5.74) is 1.97. The number of nitrogens with zero attached hydrogens (tertiary/aromatic N) is 2. The zero-order valence-corrected chi connectivity index (χ0v) is 14.7. The van der Waals surface area contributed by atoms with Gasteiger partial charge < -0.3 is 0 Å². The summed E-state index contributed by atoms with van der Waals surface area (Å²) in [6.45, 7) is 1.81. The van der Waals surface area contributed by atoms with Gasteiger partial charge in [-0.3, -0.25) is 15.1 Å². The molecule has 0 aromatic heterocycles. The van der Waals surface area contributed by atoms with Gasteiger partial charge in [0.2, 0.25) is 11.9 Å². The molecule has 7 heteroatoms. The van der Waals surface area contributed by atoms with E-state index in [2.05, 4.69) is 0 Å². The maximum absolute atomic E-state index is 12.7. The highest BCUT2D eigenvalue weighted by molar-refractivity contribution is 7.89. The fourth-order valence-electron chi connectivity index (χ4n) is 2.69. The maximum Gasteiger partial charge on any atom is 0.267 e. The molecule has 1 N–H and O–H groups in total. The minimum atomic E-state index is -3.91. The summed E-state index contributed by atoms with van der Waals surface area (Å²) in [5.74, 6) is -0.668. The zero-order valence-electron chi connectivity index (χ0n) is 13.8. The molecule has 1 aliphatic rings. The highest BCUT2D eigenvalue weighted by Crippen LogP contribution is 2.22. The molecule has 0 spiro atoms. The standard InChI is InChI=1S/C18H19N3O3S/c1-14-7-9-16(10-8-14)25(23,24)21-13-17(22)20(18(21)19)12-11-15-5-3-2-4-6-15/h2-10,19H,11-13H2,1H3. The van der Waals surface area contributed by atoms with Gasteiger partial charge in [-0.1, -0.05) is 48.0 Å². The van der Waals surface area contributed by atoms with E-state index in [-0.39, 0.29) is 29.9 Å². The predicted octanol–water partition coefficient (Wildman–Crippen LogP) is 2.01. The van der Waals surface area contributed by atoms with E-state index < -0.39 is 10.0 Å². The Kier molecular flexibility index (Phi) is 4.59. The number of carbonyl (C=O) groups is 1. The molecule has 0 bridgehead atoms. The van der Waals surface area contributed by atoms with Crippen LogP contribution >= 0.6 is 0 Å². The highest BCUT2D eigenvalue weighted by Gasteiger charge is 2.40. The van der Waals surface area contributed by atoms with Gasteiger partial charge in [-0.15, -0.1) is 0 Å². The number of sulfonamides is 1. The van der Waals surface area contributed by atoms with Crippen LogP contribution < -0.4 is 0 Å². The van der Waals surface area contributed by atoms with Crippen molar-refractivity contribution in [3.63, 3.8) is 0 Å². The van der Waals surface area contributed by atoms with E-state index in [0.717, 1.165) is 15.4 Å². The molecule has 2 aromatic rings. The van der Waals surface area contributed by atoms with Gasteiger partial charge in [-0.2, -0.15) is 0 Å². The van der Waals surface area contributed by atoms with Crippen molar-refractivity contribution in [2.75, 3.05) is 13.1 Å². The second-order valence-corrected chi connectivity index (χ2v) is 7.79. The lowest BCUT2D eigenvalue weighted by atomic mass is 10.1. The summed E-state index contributed by atoms with van der Waals surface area (Å²) in [6.07, 6.45) is 0.563. The summed E-state index contributed by atoms with van der Waals surface area (Å²) in [7, 11) is -3.91. The van der Waals surface area contributed by atoms with Gasteiger partial charge in [0.25, 0.3) is 10.0 Å². The average Bonchev–Trinajstić information content (AvgIpc) is 2.89. The number of rotatable bonds is 5. The van der Waals surface area contributed by atoms with Crippen molar-refractivity contribution in [2.24, 2.45) is 0 Å². The van der Waals surface area contributed by atoms with Gasteiger partial charge in [-0.25, -0.2) is 12.7 Å². The third-order valence-electron chi connectivity index (χ3n) is 4.15. The Hall–Kier alpha value is -2.67. The molecule has 3 rings (SSSR count). The number of aryl methyl sites for hydroxylation is 1. The maximum atomic E-state index is 12.7. The molecule has 0 aliphatic carbocycles. The number of guanidine groups is 1. The smallest absolute Gasteiger partial charge is 0.267 e. The van der Waals surface area contributed by atoms with Crippen LogP contribution in [0.2, 0.25) is 0 Å². The van der Waals surface area contributed by atoms with Crippen molar-refractivity contribution < 1.29 is 13.2 Å². The Labute approximate surface area is 147 Å². The molecule has 1 amide bonds. The first-order valence-corrected chi connectivity index (χ1v) is 9.36. The molecule has 130 valence electrons. The van der Waals surface area contributed by atoms with E-state index in [0.29, 0.717) is 6.42 Å². The average molecular weight is 357 g/mol. The molecule has 0 unspecified atom stereocenters. The van der Waals surface area contributed by atoms with Gasteiger partial charge in [0, 0.05) is 6.54 Å². The van der Waals surface area contributed by atoms with Gasteiger partial charge in [-0.05, 0) is 31.0 Å². The third-order valence-corrected chi connectivity index (χ3v) is 5.90. The van der Waals surface area contributed by atoms with Crippen LogP contribution in [-0.4, -0.2) is 42.6 Å². The summed E-state index contributed by atoms with van der Waals surface area (Å²) >= 11 is 0. The van der Waals surface area contributed by atoms with Gasteiger partial charge in [0.15, 0.2) is 0 Å². The van der Waals surface area contributed by atoms with Crippen LogP contribution in [0.3, 0.4) is 0 Å². The number of benzene rings is 2. The summed E-state index contributed by atoms with van der Waals surface area (Å²) in [6, 6.07) is 16.0. The molecule has 6 nitrogen and oxygen atoms in total. The van der Waals surface area contributed by atoms with Crippen LogP contribution in [0.25, 0.3) is 0 Å². The zero-order chi connectivity index (χ0) is 18.0. The summed E-state index contributed by atoms with van der Waals surface area (Å²) in [4.78, 5) is 13.5. The Bertz CT molecular complexity index is 893. The molecule has 1 fully saturated rings. The summed E-state index contributed by atoms with van der Waals surface area (Å²) < 4.78 is 26.3. The predicted molar refractivity (Wildman–Crippen MR) is 94.7 cm³/mol. The fraction of sp³-hybridized carbons (Fsp3) is 0.222. The van der Waals surface area contributed by atoms with E-state index in [4.69, 9.17) is 5.41 Å². The van der Waals surface area contributed by atoms with Crippen LogP contribution in [0.4, 0.5) is 0 Å². The molecule has 1 aliphatic heterocycles. The SMILES string of the molecule is Cc1ccc(S(=O)(=O)N2CC(=O)N(CCc3ccccc3)C2=N)cc1. The Balaban J connectivity index is 1.77. The van der Waals surface area contributed by atoms with E-state index in [1.807, 2.05) is 37.3 Å². The van der Waals surface area contributed by atoms with Crippen molar-refractivity contribution in [3.8, 4) is 0 Å². The highest BCUT2D eigenvalue weighted by atomic mass is 32.2. The van der Waals surface area contributed by atoms with Crippen molar-refractivity contribution in [1.82, 2.24) is 9.21 Å². The molecule has 1 saturated heterocycles.